The van der Waals surface area contributed by atoms with Gasteiger partial charge in [0.2, 0.25) is 0 Å². The Balaban J connectivity index is 2.28. The van der Waals surface area contributed by atoms with E-state index in [1.54, 1.807) is 13.0 Å². The molecule has 0 saturated heterocycles. The Bertz CT molecular complexity index is 576. The standard InChI is InChI=1S/C17H19FOS/c1-11(2)13-7-9-14(10-8-13)20-16-6-4-5-15(18)17(16)12(3)19/h4-12,19H,1-3H3/t12-/m0/s1. The van der Waals surface area contributed by atoms with Gasteiger partial charge in [-0.1, -0.05) is 43.8 Å². The molecule has 2 rings (SSSR count). The second-order valence-corrected chi connectivity index (χ2v) is 6.27. The first-order valence-corrected chi connectivity index (χ1v) is 7.55. The van der Waals surface area contributed by atoms with Crippen molar-refractivity contribution in [1.82, 2.24) is 0 Å². The summed E-state index contributed by atoms with van der Waals surface area (Å²) in [4.78, 5) is 1.80. The van der Waals surface area contributed by atoms with Gasteiger partial charge in [0.05, 0.1) is 6.10 Å². The first kappa shape index (κ1) is 15.1. The van der Waals surface area contributed by atoms with Crippen molar-refractivity contribution in [1.29, 1.82) is 0 Å². The molecule has 0 bridgehead atoms. The molecule has 2 aromatic carbocycles. The summed E-state index contributed by atoms with van der Waals surface area (Å²) in [5.41, 5.74) is 1.65. The van der Waals surface area contributed by atoms with Crippen molar-refractivity contribution in [3.8, 4) is 0 Å². The van der Waals surface area contributed by atoms with E-state index < -0.39 is 6.10 Å². The van der Waals surface area contributed by atoms with Crippen molar-refractivity contribution in [2.45, 2.75) is 42.6 Å². The number of hydrogen-bond acceptors (Lipinski definition) is 2. The van der Waals surface area contributed by atoms with E-state index in [1.807, 2.05) is 18.2 Å². The number of aliphatic hydroxyl groups is 1. The van der Waals surface area contributed by atoms with Gasteiger partial charge in [-0.2, -0.15) is 0 Å². The zero-order valence-electron chi connectivity index (χ0n) is 11.9. The van der Waals surface area contributed by atoms with Crippen LogP contribution >= 0.6 is 11.8 Å². The van der Waals surface area contributed by atoms with Gasteiger partial charge in [0.1, 0.15) is 5.82 Å². The second-order valence-electron chi connectivity index (χ2n) is 5.15. The minimum absolute atomic E-state index is 0.358. The fourth-order valence-corrected chi connectivity index (χ4v) is 3.11. The molecule has 1 N–H and O–H groups in total. The van der Waals surface area contributed by atoms with Crippen LogP contribution in [0.25, 0.3) is 0 Å². The molecule has 0 spiro atoms. The van der Waals surface area contributed by atoms with E-state index in [0.29, 0.717) is 11.5 Å². The third-order valence-electron chi connectivity index (χ3n) is 3.21. The monoisotopic (exact) mass is 290 g/mol. The van der Waals surface area contributed by atoms with Crippen LogP contribution in [0.3, 0.4) is 0 Å². The Morgan fingerprint density at radius 2 is 1.65 bits per heavy atom. The molecular formula is C17H19FOS. The Hall–Kier alpha value is -1.32. The van der Waals surface area contributed by atoms with E-state index in [9.17, 15) is 9.50 Å². The van der Waals surface area contributed by atoms with Gasteiger partial charge < -0.3 is 5.11 Å². The fraction of sp³-hybridized carbons (Fsp3) is 0.294. The Kier molecular flexibility index (Phi) is 4.84. The van der Waals surface area contributed by atoms with Crippen molar-refractivity contribution in [2.75, 3.05) is 0 Å². The summed E-state index contributed by atoms with van der Waals surface area (Å²) in [6, 6.07) is 13.2. The number of benzene rings is 2. The summed E-state index contributed by atoms with van der Waals surface area (Å²) >= 11 is 1.48. The molecule has 0 unspecified atom stereocenters. The summed E-state index contributed by atoms with van der Waals surface area (Å²) in [6.45, 7) is 5.89. The van der Waals surface area contributed by atoms with Crippen LogP contribution in [0.1, 0.15) is 43.9 Å². The van der Waals surface area contributed by atoms with Gasteiger partial charge in [0, 0.05) is 15.4 Å². The van der Waals surface area contributed by atoms with Gasteiger partial charge in [-0.25, -0.2) is 4.39 Å². The quantitative estimate of drug-likeness (QED) is 0.840. The van der Waals surface area contributed by atoms with Gasteiger partial charge in [-0.05, 0) is 42.7 Å². The summed E-state index contributed by atoms with van der Waals surface area (Å²) in [6.07, 6.45) is -0.811. The topological polar surface area (TPSA) is 20.2 Å². The van der Waals surface area contributed by atoms with Crippen LogP contribution in [0.4, 0.5) is 4.39 Å². The molecule has 2 aromatic rings. The van der Waals surface area contributed by atoms with Crippen molar-refractivity contribution in [3.63, 3.8) is 0 Å². The highest BCUT2D eigenvalue weighted by atomic mass is 32.2. The highest BCUT2D eigenvalue weighted by Gasteiger charge is 2.14. The number of aliphatic hydroxyl groups excluding tert-OH is 1. The smallest absolute Gasteiger partial charge is 0.130 e. The lowest BCUT2D eigenvalue weighted by Crippen LogP contribution is -1.98. The van der Waals surface area contributed by atoms with Crippen LogP contribution in [0.2, 0.25) is 0 Å². The zero-order valence-corrected chi connectivity index (χ0v) is 12.7. The summed E-state index contributed by atoms with van der Waals surface area (Å²) in [5.74, 6) is 0.139. The molecule has 0 aromatic heterocycles. The lowest BCUT2D eigenvalue weighted by molar-refractivity contribution is 0.191. The van der Waals surface area contributed by atoms with Crippen molar-refractivity contribution in [3.05, 3.63) is 59.4 Å². The molecular weight excluding hydrogens is 271 g/mol. The third kappa shape index (κ3) is 3.41. The van der Waals surface area contributed by atoms with Crippen molar-refractivity contribution >= 4 is 11.8 Å². The summed E-state index contributed by atoms with van der Waals surface area (Å²) in [7, 11) is 0. The second kappa shape index (κ2) is 6.42. The van der Waals surface area contributed by atoms with Gasteiger partial charge in [0.15, 0.2) is 0 Å². The number of rotatable bonds is 4. The minimum atomic E-state index is -0.811. The highest BCUT2D eigenvalue weighted by molar-refractivity contribution is 7.99. The van der Waals surface area contributed by atoms with E-state index >= 15 is 0 Å². The third-order valence-corrected chi connectivity index (χ3v) is 4.29. The lowest BCUT2D eigenvalue weighted by Gasteiger charge is -2.13. The highest BCUT2D eigenvalue weighted by Crippen LogP contribution is 2.35. The first-order chi connectivity index (χ1) is 9.49. The van der Waals surface area contributed by atoms with Gasteiger partial charge in [-0.3, -0.25) is 0 Å². The molecule has 0 aliphatic rings. The van der Waals surface area contributed by atoms with Gasteiger partial charge in [0.25, 0.3) is 0 Å². The van der Waals surface area contributed by atoms with Crippen LogP contribution in [-0.2, 0) is 0 Å². The number of halogens is 1. The maximum Gasteiger partial charge on any atom is 0.130 e. The van der Waals surface area contributed by atoms with Gasteiger partial charge >= 0.3 is 0 Å². The normalized spacial score (nSPS) is 12.7. The molecule has 20 heavy (non-hydrogen) atoms. The Morgan fingerprint density at radius 3 is 2.20 bits per heavy atom. The molecule has 0 saturated carbocycles. The molecule has 0 aliphatic heterocycles. The van der Waals surface area contributed by atoms with E-state index in [0.717, 1.165) is 9.79 Å². The molecule has 0 amide bonds. The summed E-state index contributed by atoms with van der Waals surface area (Å²) < 4.78 is 13.8. The average molecular weight is 290 g/mol. The van der Waals surface area contributed by atoms with Crippen LogP contribution in [0.5, 0.6) is 0 Å². The molecule has 0 fully saturated rings. The van der Waals surface area contributed by atoms with Crippen LogP contribution in [0, 0.1) is 5.82 Å². The van der Waals surface area contributed by atoms with E-state index in [4.69, 9.17) is 0 Å². The van der Waals surface area contributed by atoms with Crippen LogP contribution in [0.15, 0.2) is 52.3 Å². The van der Waals surface area contributed by atoms with Crippen LogP contribution < -0.4 is 0 Å². The van der Waals surface area contributed by atoms with Crippen molar-refractivity contribution < 1.29 is 9.50 Å². The largest absolute Gasteiger partial charge is 0.389 e. The molecule has 3 heteroatoms. The average Bonchev–Trinajstić information content (AvgIpc) is 2.39. The maximum absolute atomic E-state index is 13.8. The number of hydrogen-bond donors (Lipinski definition) is 1. The minimum Gasteiger partial charge on any atom is -0.389 e. The Labute approximate surface area is 123 Å². The predicted molar refractivity (Wildman–Crippen MR) is 81.7 cm³/mol. The predicted octanol–water partition coefficient (Wildman–Crippen LogP) is 5.15. The molecule has 1 nitrogen and oxygen atoms in total. The van der Waals surface area contributed by atoms with Crippen LogP contribution in [-0.4, -0.2) is 5.11 Å². The Morgan fingerprint density at radius 1 is 1.00 bits per heavy atom. The van der Waals surface area contributed by atoms with E-state index in [1.165, 1.54) is 23.4 Å². The molecule has 1 atom stereocenters. The molecule has 106 valence electrons. The van der Waals surface area contributed by atoms with Gasteiger partial charge in [-0.15, -0.1) is 0 Å². The fourth-order valence-electron chi connectivity index (χ4n) is 2.06. The van der Waals surface area contributed by atoms with E-state index in [-0.39, 0.29) is 5.82 Å². The first-order valence-electron chi connectivity index (χ1n) is 6.73. The molecule has 0 radical (unpaired) electrons. The van der Waals surface area contributed by atoms with E-state index in [2.05, 4.69) is 26.0 Å². The summed E-state index contributed by atoms with van der Waals surface area (Å²) in [5, 5.41) is 9.73. The molecule has 0 heterocycles. The maximum atomic E-state index is 13.8. The zero-order chi connectivity index (χ0) is 14.7. The van der Waals surface area contributed by atoms with Crippen molar-refractivity contribution in [2.24, 2.45) is 0 Å². The SMILES string of the molecule is CC(C)c1ccc(Sc2cccc(F)c2[C@H](C)O)cc1. The molecule has 0 aliphatic carbocycles. The lowest BCUT2D eigenvalue weighted by atomic mass is 10.0.